The van der Waals surface area contributed by atoms with Crippen molar-refractivity contribution >= 4 is 23.4 Å². The lowest BCUT2D eigenvalue weighted by molar-refractivity contribution is -0.142. The Bertz CT molecular complexity index is 1180. The van der Waals surface area contributed by atoms with E-state index in [1.54, 1.807) is 4.90 Å². The highest BCUT2D eigenvalue weighted by atomic mass is 16.5. The van der Waals surface area contributed by atoms with Crippen molar-refractivity contribution in [2.24, 2.45) is 23.7 Å². The summed E-state index contributed by atoms with van der Waals surface area (Å²) in [5.74, 6) is -1.15. The van der Waals surface area contributed by atoms with Crippen LogP contribution < -0.4 is 10.6 Å². The van der Waals surface area contributed by atoms with Crippen LogP contribution in [0, 0.1) is 30.6 Å². The molecule has 9 nitrogen and oxygen atoms in total. The van der Waals surface area contributed by atoms with Gasteiger partial charge in [0.2, 0.25) is 17.7 Å². The van der Waals surface area contributed by atoms with Crippen LogP contribution in [-0.4, -0.2) is 90.7 Å². The Morgan fingerprint density at radius 1 is 1.10 bits per heavy atom. The van der Waals surface area contributed by atoms with Crippen molar-refractivity contribution in [2.45, 2.75) is 63.8 Å². The second-order valence-electron chi connectivity index (χ2n) is 12.4. The standard InChI is InChI=1S/C31H42N4O5/c1-19-6-4-8-22(18-19)32-28(36)25-24-10-11-31(40-24)26(25)30(38)35(13-12-34-14-16-39-17-15-34)27(31)29(37)33-23-9-5-7-20(2)21(23)3/h4,6,8,10-11,18,20-21,23-27H,5,7,9,12-17H2,1-3H3,(H,32,36)(H,33,37)/t20-,21+,23-,24-,25+,26-,27-,31-/m1/s1. The third-order valence-electron chi connectivity index (χ3n) is 10.0. The van der Waals surface area contributed by atoms with Crippen molar-refractivity contribution in [1.29, 1.82) is 0 Å². The smallest absolute Gasteiger partial charge is 0.246 e. The number of morpholine rings is 1. The van der Waals surface area contributed by atoms with Crippen LogP contribution >= 0.6 is 0 Å². The highest BCUT2D eigenvalue weighted by molar-refractivity contribution is 6.02. The zero-order valence-electron chi connectivity index (χ0n) is 23.8. The summed E-state index contributed by atoms with van der Waals surface area (Å²) in [5, 5.41) is 6.34. The summed E-state index contributed by atoms with van der Waals surface area (Å²) in [4.78, 5) is 46.0. The van der Waals surface area contributed by atoms with Gasteiger partial charge in [-0.2, -0.15) is 0 Å². The van der Waals surface area contributed by atoms with Crippen molar-refractivity contribution in [3.63, 3.8) is 0 Å². The van der Waals surface area contributed by atoms with Crippen LogP contribution in [0.5, 0.6) is 0 Å². The maximum atomic E-state index is 14.2. The Hall–Kier alpha value is -2.75. The maximum absolute atomic E-state index is 14.2. The number of likely N-dealkylation sites (tertiary alicyclic amines) is 1. The molecule has 2 N–H and O–H groups in total. The van der Waals surface area contributed by atoms with Gasteiger partial charge in [-0.3, -0.25) is 19.3 Å². The molecular formula is C31H42N4O5. The van der Waals surface area contributed by atoms with Crippen molar-refractivity contribution in [2.75, 3.05) is 44.7 Å². The SMILES string of the molecule is Cc1cccc(NC(=O)[C@H]2[C@H]3C=C[C@@]4(O3)[C@H]2C(=O)N(CCN2CCOCC2)[C@@H]4C(=O)N[C@@H]2CCC[C@@H](C)[C@@H]2C)c1. The van der Waals surface area contributed by atoms with Crippen LogP contribution in [0.2, 0.25) is 0 Å². The highest BCUT2D eigenvalue weighted by Gasteiger charge is 2.72. The van der Waals surface area contributed by atoms with Gasteiger partial charge in [-0.25, -0.2) is 0 Å². The predicted octanol–water partition coefficient (Wildman–Crippen LogP) is 2.36. The van der Waals surface area contributed by atoms with Gasteiger partial charge in [0.1, 0.15) is 11.6 Å². The molecule has 1 saturated carbocycles. The Balaban J connectivity index is 1.27. The Morgan fingerprint density at radius 2 is 1.90 bits per heavy atom. The van der Waals surface area contributed by atoms with Gasteiger partial charge in [-0.15, -0.1) is 0 Å². The quantitative estimate of drug-likeness (QED) is 0.506. The van der Waals surface area contributed by atoms with Gasteiger partial charge in [-0.1, -0.05) is 51.0 Å². The zero-order valence-corrected chi connectivity index (χ0v) is 23.8. The van der Waals surface area contributed by atoms with E-state index in [1.165, 1.54) is 6.42 Å². The van der Waals surface area contributed by atoms with Crippen molar-refractivity contribution < 1.29 is 23.9 Å². The van der Waals surface area contributed by atoms with E-state index < -0.39 is 29.6 Å². The summed E-state index contributed by atoms with van der Waals surface area (Å²) < 4.78 is 12.0. The molecule has 3 amide bonds. The number of aryl methyl sites for hydroxylation is 1. The number of carbonyl (C=O) groups is 3. The molecule has 2 bridgehead atoms. The molecule has 4 fully saturated rings. The van der Waals surface area contributed by atoms with Crippen molar-refractivity contribution in [3.05, 3.63) is 42.0 Å². The van der Waals surface area contributed by atoms with Crippen LogP contribution in [0.25, 0.3) is 0 Å². The van der Waals surface area contributed by atoms with Crippen LogP contribution in [0.1, 0.15) is 38.7 Å². The second-order valence-corrected chi connectivity index (χ2v) is 12.4. The van der Waals surface area contributed by atoms with E-state index in [2.05, 4.69) is 29.4 Å². The summed E-state index contributed by atoms with van der Waals surface area (Å²) in [5.41, 5.74) is 0.581. The number of hydrogen-bond acceptors (Lipinski definition) is 6. The minimum absolute atomic E-state index is 0.0610. The summed E-state index contributed by atoms with van der Waals surface area (Å²) in [6.45, 7) is 10.4. The minimum atomic E-state index is -1.14. The monoisotopic (exact) mass is 550 g/mol. The number of hydrogen-bond donors (Lipinski definition) is 2. The van der Waals surface area contributed by atoms with E-state index in [1.807, 2.05) is 43.3 Å². The lowest BCUT2D eigenvalue weighted by atomic mass is 9.73. The Labute approximate surface area is 236 Å². The highest BCUT2D eigenvalue weighted by Crippen LogP contribution is 2.55. The third kappa shape index (κ3) is 4.76. The molecule has 1 spiro atoms. The molecule has 5 aliphatic rings. The fraction of sp³-hybridized carbons (Fsp3) is 0.645. The van der Waals surface area contributed by atoms with Crippen LogP contribution in [0.4, 0.5) is 5.69 Å². The first-order valence-electron chi connectivity index (χ1n) is 14.9. The molecule has 0 unspecified atom stereocenters. The molecule has 8 atom stereocenters. The molecule has 1 aromatic carbocycles. The second kappa shape index (κ2) is 10.9. The number of rotatable bonds is 7. The number of nitrogens with one attached hydrogen (secondary N) is 2. The summed E-state index contributed by atoms with van der Waals surface area (Å²) in [7, 11) is 0. The number of fused-ring (bicyclic) bond motifs is 1. The molecule has 1 aliphatic carbocycles. The minimum Gasteiger partial charge on any atom is -0.379 e. The molecule has 9 heteroatoms. The normalized spacial score (nSPS) is 37.0. The van der Waals surface area contributed by atoms with E-state index >= 15 is 0 Å². The van der Waals surface area contributed by atoms with E-state index in [-0.39, 0.29) is 23.8 Å². The van der Waals surface area contributed by atoms with Gasteiger partial charge in [0, 0.05) is 37.9 Å². The molecule has 3 saturated heterocycles. The lowest BCUT2D eigenvalue weighted by Crippen LogP contribution is -2.58. The van der Waals surface area contributed by atoms with E-state index in [0.717, 1.165) is 31.5 Å². The number of carbonyl (C=O) groups excluding carboxylic acids is 3. The molecule has 0 radical (unpaired) electrons. The topological polar surface area (TPSA) is 100 Å². The number of benzene rings is 1. The number of ether oxygens (including phenoxy) is 2. The average molecular weight is 551 g/mol. The van der Waals surface area contributed by atoms with Gasteiger partial charge < -0.3 is 25.0 Å². The van der Waals surface area contributed by atoms with Crippen LogP contribution in [-0.2, 0) is 23.9 Å². The van der Waals surface area contributed by atoms with Crippen LogP contribution in [0.15, 0.2) is 36.4 Å². The molecule has 4 heterocycles. The first kappa shape index (κ1) is 27.4. The summed E-state index contributed by atoms with van der Waals surface area (Å²) in [6.07, 6.45) is 6.41. The number of nitrogens with zero attached hydrogens (tertiary/aromatic N) is 2. The molecule has 6 rings (SSSR count). The fourth-order valence-electron chi connectivity index (χ4n) is 7.58. The average Bonchev–Trinajstić information content (AvgIpc) is 3.58. The molecular weight excluding hydrogens is 508 g/mol. The predicted molar refractivity (Wildman–Crippen MR) is 150 cm³/mol. The third-order valence-corrected chi connectivity index (χ3v) is 10.0. The molecule has 0 aromatic heterocycles. The van der Waals surface area contributed by atoms with Gasteiger partial charge in [0.05, 0.1) is 31.2 Å². The first-order valence-corrected chi connectivity index (χ1v) is 14.9. The molecule has 4 aliphatic heterocycles. The van der Waals surface area contributed by atoms with E-state index in [9.17, 15) is 14.4 Å². The number of amides is 3. The van der Waals surface area contributed by atoms with Gasteiger partial charge in [0.25, 0.3) is 0 Å². The van der Waals surface area contributed by atoms with Gasteiger partial charge in [0.15, 0.2) is 0 Å². The summed E-state index contributed by atoms with van der Waals surface area (Å²) in [6, 6.07) is 6.87. The van der Waals surface area contributed by atoms with Gasteiger partial charge in [-0.05, 0) is 42.9 Å². The molecule has 1 aromatic rings. The Morgan fingerprint density at radius 3 is 2.67 bits per heavy atom. The lowest BCUT2D eigenvalue weighted by Gasteiger charge is -2.38. The number of anilines is 1. The van der Waals surface area contributed by atoms with Crippen LogP contribution in [0.3, 0.4) is 0 Å². The van der Waals surface area contributed by atoms with E-state index in [0.29, 0.717) is 43.8 Å². The Kier molecular flexibility index (Phi) is 7.48. The molecule has 40 heavy (non-hydrogen) atoms. The van der Waals surface area contributed by atoms with E-state index in [4.69, 9.17) is 9.47 Å². The summed E-state index contributed by atoms with van der Waals surface area (Å²) >= 11 is 0. The van der Waals surface area contributed by atoms with Crippen molar-refractivity contribution in [1.82, 2.24) is 15.1 Å². The first-order chi connectivity index (χ1) is 19.3. The van der Waals surface area contributed by atoms with Gasteiger partial charge >= 0.3 is 0 Å². The largest absolute Gasteiger partial charge is 0.379 e. The fourth-order valence-corrected chi connectivity index (χ4v) is 7.58. The zero-order chi connectivity index (χ0) is 28.0. The molecule has 216 valence electrons. The van der Waals surface area contributed by atoms with Crippen molar-refractivity contribution in [3.8, 4) is 0 Å². The maximum Gasteiger partial charge on any atom is 0.246 e.